The van der Waals surface area contributed by atoms with Crippen LogP contribution in [0.3, 0.4) is 0 Å². The van der Waals surface area contributed by atoms with Crippen molar-refractivity contribution in [1.29, 1.82) is 0 Å². The molecule has 3 rings (SSSR count). The molecule has 2 aliphatic rings. The van der Waals surface area contributed by atoms with Gasteiger partial charge in [-0.05, 0) is 81.4 Å². The third kappa shape index (κ3) is 32.1. The van der Waals surface area contributed by atoms with Crippen LogP contribution in [0.15, 0.2) is 59.1 Å². The van der Waals surface area contributed by atoms with E-state index in [9.17, 15) is 24.9 Å². The lowest BCUT2D eigenvalue weighted by Crippen LogP contribution is -2.34. The SMILES string of the molecule is CCCCCCCCC(CCCCCC)CN(CC(CCCCCC)CCCCCCCC)c1ccc(C2=C(O)/C(=C3/C=CC(=[N+](CC(CCCCCC)CCCCCCCC)CC(CCCCCC)CCCCCCCC)C=C3O)C(=O)C2=O)c(O)c1. The molecule has 7 heteroatoms. The number of hydrogen-bond acceptors (Lipinski definition) is 6. The fourth-order valence-corrected chi connectivity index (χ4v) is 14.3. The third-order valence-electron chi connectivity index (χ3n) is 20.0. The zero-order chi connectivity index (χ0) is 63.8. The number of phenols is 1. The average molecular weight is 1220 g/mol. The van der Waals surface area contributed by atoms with Gasteiger partial charge < -0.3 is 20.2 Å². The molecule has 4 atom stereocenters. The van der Waals surface area contributed by atoms with Crippen molar-refractivity contribution >= 4 is 28.5 Å². The summed E-state index contributed by atoms with van der Waals surface area (Å²) in [5, 5.41) is 36.6. The number of nitrogens with zero attached hydrogens (tertiary/aromatic N) is 2. The van der Waals surface area contributed by atoms with Gasteiger partial charge in [0.25, 0.3) is 0 Å². The quantitative estimate of drug-likeness (QED) is 0.0260. The minimum atomic E-state index is -0.851. The number of rotatable bonds is 58. The fraction of sp³-hybridized carbons (Fsp3) is 0.790. The van der Waals surface area contributed by atoms with Crippen LogP contribution in [0, 0.1) is 23.7 Å². The molecule has 7 nitrogen and oxygen atoms in total. The van der Waals surface area contributed by atoms with Gasteiger partial charge in [0.2, 0.25) is 17.3 Å². The first-order chi connectivity index (χ1) is 43.0. The van der Waals surface area contributed by atoms with Crippen LogP contribution in [-0.2, 0) is 9.59 Å². The first kappa shape index (κ1) is 78.6. The number of unbranched alkanes of at least 4 members (excludes halogenated alkanes) is 32. The van der Waals surface area contributed by atoms with Gasteiger partial charge in [0, 0.05) is 53.9 Å². The molecular formula is C81H141N2O5+. The van der Waals surface area contributed by atoms with E-state index < -0.39 is 17.3 Å². The summed E-state index contributed by atoms with van der Waals surface area (Å²) in [5.41, 5.74) is 1.83. The van der Waals surface area contributed by atoms with Crippen LogP contribution in [0.1, 0.15) is 369 Å². The molecule has 0 amide bonds. The molecule has 0 fully saturated rings. The predicted octanol–water partition coefficient (Wildman–Crippen LogP) is 24.7. The van der Waals surface area contributed by atoms with Crippen LogP contribution >= 0.6 is 0 Å². The first-order valence-electron chi connectivity index (χ1n) is 38.6. The van der Waals surface area contributed by atoms with Crippen molar-refractivity contribution in [3.05, 3.63) is 64.7 Å². The van der Waals surface area contributed by atoms with Crippen molar-refractivity contribution in [2.24, 2.45) is 23.7 Å². The summed E-state index contributed by atoms with van der Waals surface area (Å²) in [6, 6.07) is 5.59. The highest BCUT2D eigenvalue weighted by Gasteiger charge is 2.41. The maximum atomic E-state index is 14.3. The number of aromatic hydroxyl groups is 1. The Morgan fingerprint density at radius 1 is 0.375 bits per heavy atom. The molecule has 0 radical (unpaired) electrons. The van der Waals surface area contributed by atoms with Crippen molar-refractivity contribution in [2.45, 2.75) is 364 Å². The number of aliphatic hydroxyl groups excluding tert-OH is 2. The third-order valence-corrected chi connectivity index (χ3v) is 20.0. The number of allylic oxidation sites excluding steroid dienone is 5. The number of anilines is 1. The number of phenolic OH excluding ortho intramolecular Hbond substituents is 1. The van der Waals surface area contributed by atoms with Crippen molar-refractivity contribution in [2.75, 3.05) is 31.1 Å². The van der Waals surface area contributed by atoms with Crippen LogP contribution in [0.4, 0.5) is 5.69 Å². The summed E-state index contributed by atoms with van der Waals surface area (Å²) in [6.07, 6.45) is 66.1. The molecular weight excluding hydrogens is 1080 g/mol. The van der Waals surface area contributed by atoms with Crippen LogP contribution in [0.2, 0.25) is 0 Å². The zero-order valence-electron chi connectivity index (χ0n) is 59.1. The summed E-state index contributed by atoms with van der Waals surface area (Å²) in [6.45, 7) is 22.0. The molecule has 0 aromatic heterocycles. The van der Waals surface area contributed by atoms with E-state index in [4.69, 9.17) is 0 Å². The van der Waals surface area contributed by atoms with Crippen LogP contribution in [-0.4, -0.2) is 63.4 Å². The number of benzene rings is 1. The summed E-state index contributed by atoms with van der Waals surface area (Å²) in [5.74, 6) is -0.247. The monoisotopic (exact) mass is 1220 g/mol. The topological polar surface area (TPSA) is 101 Å². The van der Waals surface area contributed by atoms with Gasteiger partial charge in [-0.15, -0.1) is 0 Å². The van der Waals surface area contributed by atoms with Crippen LogP contribution in [0.5, 0.6) is 5.75 Å². The van der Waals surface area contributed by atoms with Crippen molar-refractivity contribution in [3.63, 3.8) is 0 Å². The molecule has 0 saturated heterocycles. The number of aliphatic hydroxyl groups is 2. The van der Waals surface area contributed by atoms with Gasteiger partial charge in [-0.2, -0.15) is 0 Å². The lowest BCUT2D eigenvalue weighted by Gasteiger charge is -2.33. The Hall–Kier alpha value is -3.61. The normalized spacial score (nSPS) is 15.9. The minimum absolute atomic E-state index is 0.108. The molecule has 2 aliphatic carbocycles. The lowest BCUT2D eigenvalue weighted by molar-refractivity contribution is -0.541. The molecule has 4 unspecified atom stereocenters. The number of carbonyl (C=O) groups is 2. The molecule has 88 heavy (non-hydrogen) atoms. The van der Waals surface area contributed by atoms with Crippen LogP contribution in [0.25, 0.3) is 5.57 Å². The maximum absolute atomic E-state index is 14.3. The van der Waals surface area contributed by atoms with E-state index in [0.29, 0.717) is 23.7 Å². The van der Waals surface area contributed by atoms with Gasteiger partial charge in [-0.25, -0.2) is 4.58 Å². The van der Waals surface area contributed by atoms with Gasteiger partial charge in [-0.3, -0.25) is 9.59 Å². The maximum Gasteiger partial charge on any atom is 0.238 e. The fourth-order valence-electron chi connectivity index (χ4n) is 14.3. The van der Waals surface area contributed by atoms with E-state index >= 15 is 0 Å². The highest BCUT2D eigenvalue weighted by atomic mass is 16.3. The van der Waals surface area contributed by atoms with Gasteiger partial charge in [-0.1, -0.05) is 312 Å². The Morgan fingerprint density at radius 2 is 0.682 bits per heavy atom. The highest BCUT2D eigenvalue weighted by molar-refractivity contribution is 6.63. The van der Waals surface area contributed by atoms with E-state index in [1.165, 1.54) is 308 Å². The summed E-state index contributed by atoms with van der Waals surface area (Å²) in [4.78, 5) is 31.2. The number of Topliss-reactive ketones (excluding diaryl/α,β-unsaturated/α-hetero) is 2. The molecule has 0 bridgehead atoms. The molecule has 504 valence electrons. The molecule has 0 aliphatic heterocycles. The number of hydrogen-bond donors (Lipinski definition) is 3. The summed E-state index contributed by atoms with van der Waals surface area (Å²) in [7, 11) is 0. The van der Waals surface area contributed by atoms with Crippen molar-refractivity contribution < 1.29 is 29.5 Å². The van der Waals surface area contributed by atoms with E-state index in [2.05, 4.69) is 64.9 Å². The number of ketones is 2. The summed E-state index contributed by atoms with van der Waals surface area (Å²) >= 11 is 0. The van der Waals surface area contributed by atoms with Gasteiger partial charge in [0.1, 0.15) is 30.4 Å². The van der Waals surface area contributed by atoms with Crippen LogP contribution < -0.4 is 4.90 Å². The second kappa shape index (κ2) is 51.0. The second-order valence-corrected chi connectivity index (χ2v) is 28.1. The van der Waals surface area contributed by atoms with E-state index in [0.717, 1.165) is 37.6 Å². The van der Waals surface area contributed by atoms with E-state index in [1.54, 1.807) is 24.3 Å². The predicted molar refractivity (Wildman–Crippen MR) is 383 cm³/mol. The largest absolute Gasteiger partial charge is 0.507 e. The standard InChI is InChI=1S/C81H140N2O5/c1-9-17-25-33-37-45-53-67(49-41-29-21-13-5)63-82(64-68(50-42-30-22-14-6)54-46-38-34-26-18-10-2)71-57-59-73(75(84)61-71)77-79(86)78(81(88)80(77)87)74-60-58-72(62-76(74)85)83(65-69(51-43-31-23-15-7)55-47-39-35-27-19-11-3)66-70(52-44-32-24-16-8)56-48-40-36-28-20-12-4/h57-62,67-70H,9-56,63-66H2,1-8H3,(H2,84,85,86,87,88)/p+1. The Labute approximate surface area is 544 Å². The Morgan fingerprint density at radius 3 is 1.01 bits per heavy atom. The molecule has 3 N–H and O–H groups in total. The smallest absolute Gasteiger partial charge is 0.238 e. The molecule has 1 aromatic carbocycles. The second-order valence-electron chi connectivity index (χ2n) is 28.1. The van der Waals surface area contributed by atoms with E-state index in [1.807, 2.05) is 12.1 Å². The first-order valence-corrected chi connectivity index (χ1v) is 38.6. The zero-order valence-corrected chi connectivity index (χ0v) is 59.1. The lowest BCUT2D eigenvalue weighted by atomic mass is 9.91. The summed E-state index contributed by atoms with van der Waals surface area (Å²) < 4.78 is 2.57. The minimum Gasteiger partial charge on any atom is -0.507 e. The van der Waals surface area contributed by atoms with Gasteiger partial charge in [0.15, 0.2) is 0 Å². The van der Waals surface area contributed by atoms with Gasteiger partial charge >= 0.3 is 0 Å². The highest BCUT2D eigenvalue weighted by Crippen LogP contribution is 2.41. The Bertz CT molecular complexity index is 2080. The number of carbonyl (C=O) groups excluding carboxylic acids is 2. The van der Waals surface area contributed by atoms with Gasteiger partial charge in [0.05, 0.1) is 17.2 Å². The van der Waals surface area contributed by atoms with E-state index in [-0.39, 0.29) is 33.8 Å². The Kier molecular flexibility index (Phi) is 45.5. The molecule has 0 heterocycles. The Balaban J connectivity index is 2.15. The molecule has 0 spiro atoms. The van der Waals surface area contributed by atoms with Crippen molar-refractivity contribution in [3.8, 4) is 5.75 Å². The average Bonchev–Trinajstić information content (AvgIpc) is 1.73. The molecule has 1 aromatic rings. The molecule has 0 saturated carbocycles. The van der Waals surface area contributed by atoms with Crippen molar-refractivity contribution in [1.82, 2.24) is 0 Å².